The fourth-order valence-electron chi connectivity index (χ4n) is 8.37. The number of esters is 2. The summed E-state index contributed by atoms with van der Waals surface area (Å²) in [5.41, 5.74) is 0. The number of unbranched alkanes of at least 4 members (excludes halogenated alkanes) is 11. The number of hydrogen-bond acceptors (Lipinski definition) is 7. The van der Waals surface area contributed by atoms with Gasteiger partial charge in [0.15, 0.2) is 6.10 Å². The molecule has 0 radical (unpaired) electrons. The van der Waals surface area contributed by atoms with E-state index in [9.17, 15) is 19.5 Å². The molecule has 496 valence electrons. The van der Waals surface area contributed by atoms with Gasteiger partial charge in [-0.1, -0.05) is 265 Å². The molecule has 0 bridgehead atoms. The first-order valence-corrected chi connectivity index (χ1v) is 34.2. The zero-order valence-electron chi connectivity index (χ0n) is 56.5. The SMILES string of the molecule is CC/C=C\C/C=C\C/C=C\C/C=C\C/C=C\C/C=C\C/C=C\C/C=C\C/C=C\CCCCCCCCCC(=O)OC(COC(=O)CCCCCC/C=C\C/C=C\C/C=C\C/C=C\C/C=C\C/C=C\C/C=C\C/C=C\CC)COC(OCC[N+](C)(C)C)C(=O)O. The number of ether oxygens (including phenoxy) is 4. The number of allylic oxidation sites excluding steroid dienone is 34. The predicted octanol–water partition coefficient (Wildman–Crippen LogP) is 21.6. The molecule has 9 heteroatoms. The Kier molecular flexibility index (Phi) is 63.1. The summed E-state index contributed by atoms with van der Waals surface area (Å²) in [6.45, 7) is 4.57. The molecule has 0 amide bonds. The van der Waals surface area contributed by atoms with Gasteiger partial charge >= 0.3 is 17.9 Å². The van der Waals surface area contributed by atoms with Gasteiger partial charge < -0.3 is 28.5 Å². The maximum atomic E-state index is 12.9. The van der Waals surface area contributed by atoms with Gasteiger partial charge in [-0.3, -0.25) is 9.59 Å². The minimum Gasteiger partial charge on any atom is -0.477 e. The van der Waals surface area contributed by atoms with E-state index in [-0.39, 0.29) is 38.6 Å². The average Bonchev–Trinajstić information content (AvgIpc) is 3.64. The van der Waals surface area contributed by atoms with Crippen LogP contribution in [0.15, 0.2) is 207 Å². The molecule has 0 spiro atoms. The maximum absolute atomic E-state index is 12.9. The number of nitrogens with zero attached hydrogens (tertiary/aromatic N) is 1. The van der Waals surface area contributed by atoms with Crippen molar-refractivity contribution >= 4 is 17.9 Å². The van der Waals surface area contributed by atoms with Gasteiger partial charge in [0.25, 0.3) is 6.29 Å². The van der Waals surface area contributed by atoms with E-state index in [0.29, 0.717) is 23.9 Å². The molecule has 0 aromatic carbocycles. The maximum Gasteiger partial charge on any atom is 0.361 e. The highest BCUT2D eigenvalue weighted by Gasteiger charge is 2.25. The molecule has 0 aliphatic rings. The van der Waals surface area contributed by atoms with Crippen LogP contribution in [0.5, 0.6) is 0 Å². The molecule has 0 aliphatic heterocycles. The first kappa shape index (κ1) is 82.9. The van der Waals surface area contributed by atoms with Crippen molar-refractivity contribution in [2.24, 2.45) is 0 Å². The number of aliphatic carboxylic acids is 1. The Hall–Kier alpha value is -6.13. The van der Waals surface area contributed by atoms with Gasteiger partial charge in [-0.2, -0.15) is 0 Å². The second kappa shape index (κ2) is 67.8. The number of hydrogen-bond donors (Lipinski definition) is 1. The van der Waals surface area contributed by atoms with Crippen LogP contribution in [0.3, 0.4) is 0 Å². The van der Waals surface area contributed by atoms with Gasteiger partial charge in [0.2, 0.25) is 0 Å². The molecule has 0 aliphatic carbocycles. The first-order chi connectivity index (χ1) is 43.6. The molecule has 0 heterocycles. The van der Waals surface area contributed by atoms with Crippen LogP contribution in [0.1, 0.15) is 219 Å². The number of rotatable bonds is 60. The lowest BCUT2D eigenvalue weighted by Gasteiger charge is -2.25. The second-order valence-corrected chi connectivity index (χ2v) is 23.0. The van der Waals surface area contributed by atoms with Crippen LogP contribution in [0.4, 0.5) is 0 Å². The van der Waals surface area contributed by atoms with Gasteiger partial charge in [0.05, 0.1) is 34.4 Å². The Morgan fingerprint density at radius 3 is 0.899 bits per heavy atom. The van der Waals surface area contributed by atoms with Crippen LogP contribution in [0.25, 0.3) is 0 Å². The zero-order valence-corrected chi connectivity index (χ0v) is 56.5. The Labute approximate surface area is 544 Å². The van der Waals surface area contributed by atoms with E-state index in [2.05, 4.69) is 220 Å². The Morgan fingerprint density at radius 2 is 0.607 bits per heavy atom. The van der Waals surface area contributed by atoms with Crippen LogP contribution in [0.2, 0.25) is 0 Å². The van der Waals surface area contributed by atoms with Crippen molar-refractivity contribution in [3.8, 4) is 0 Å². The summed E-state index contributed by atoms with van der Waals surface area (Å²) in [7, 11) is 5.94. The molecular weight excluding hydrogens is 1100 g/mol. The quantitative estimate of drug-likeness (QED) is 0.0211. The molecule has 2 unspecified atom stereocenters. The van der Waals surface area contributed by atoms with E-state index in [1.807, 2.05) is 21.1 Å². The van der Waals surface area contributed by atoms with Crippen molar-refractivity contribution in [1.82, 2.24) is 0 Å². The fourth-order valence-corrected chi connectivity index (χ4v) is 8.37. The summed E-state index contributed by atoms with van der Waals surface area (Å²) in [6, 6.07) is 0. The Bertz CT molecular complexity index is 2210. The predicted molar refractivity (Wildman–Crippen MR) is 382 cm³/mol. The van der Waals surface area contributed by atoms with Gasteiger partial charge in [-0.25, -0.2) is 4.79 Å². The van der Waals surface area contributed by atoms with Crippen LogP contribution in [-0.2, 0) is 33.3 Å². The number of carbonyl (C=O) groups excluding carboxylic acids is 2. The molecule has 89 heavy (non-hydrogen) atoms. The molecule has 0 saturated heterocycles. The normalized spacial score (nSPS) is 14.0. The summed E-state index contributed by atoms with van der Waals surface area (Å²) in [6.07, 6.45) is 103. The fraction of sp³-hybridized carbons (Fsp3) is 0.537. The lowest BCUT2D eigenvalue weighted by molar-refractivity contribution is -0.870. The third-order valence-corrected chi connectivity index (χ3v) is 13.5. The van der Waals surface area contributed by atoms with E-state index < -0.39 is 24.3 Å². The molecule has 9 nitrogen and oxygen atoms in total. The number of carboxylic acids is 1. The molecule has 0 aromatic rings. The number of carboxylic acid groups (broad SMARTS) is 1. The summed E-state index contributed by atoms with van der Waals surface area (Å²) in [5, 5.41) is 9.74. The van der Waals surface area contributed by atoms with E-state index in [1.165, 1.54) is 19.3 Å². The van der Waals surface area contributed by atoms with Crippen molar-refractivity contribution in [2.75, 3.05) is 47.5 Å². The monoisotopic (exact) mass is 1230 g/mol. The molecule has 0 rings (SSSR count). The summed E-state index contributed by atoms with van der Waals surface area (Å²) >= 11 is 0. The third kappa shape index (κ3) is 69.2. The van der Waals surface area contributed by atoms with Gasteiger partial charge in [0, 0.05) is 12.8 Å². The minimum absolute atomic E-state index is 0.168. The van der Waals surface area contributed by atoms with Crippen molar-refractivity contribution in [1.29, 1.82) is 0 Å². The van der Waals surface area contributed by atoms with Crippen molar-refractivity contribution in [3.63, 3.8) is 0 Å². The summed E-state index contributed by atoms with van der Waals surface area (Å²) in [5.74, 6) is -2.08. The molecule has 0 fully saturated rings. The van der Waals surface area contributed by atoms with Gasteiger partial charge in [-0.05, 0) is 148 Å². The van der Waals surface area contributed by atoms with Crippen LogP contribution >= 0.6 is 0 Å². The van der Waals surface area contributed by atoms with Crippen molar-refractivity contribution in [2.45, 2.75) is 232 Å². The van der Waals surface area contributed by atoms with E-state index in [1.54, 1.807) is 0 Å². The molecule has 1 N–H and O–H groups in total. The van der Waals surface area contributed by atoms with E-state index >= 15 is 0 Å². The number of carbonyl (C=O) groups is 3. The highest BCUT2D eigenvalue weighted by atomic mass is 16.7. The zero-order chi connectivity index (χ0) is 64.7. The lowest BCUT2D eigenvalue weighted by atomic mass is 10.1. The van der Waals surface area contributed by atoms with Gasteiger partial charge in [0.1, 0.15) is 13.2 Å². The molecular formula is C80H124NO8+. The highest BCUT2D eigenvalue weighted by molar-refractivity contribution is 5.71. The van der Waals surface area contributed by atoms with Gasteiger partial charge in [-0.15, -0.1) is 0 Å². The highest BCUT2D eigenvalue weighted by Crippen LogP contribution is 2.14. The Morgan fingerprint density at radius 1 is 0.337 bits per heavy atom. The Balaban J connectivity index is 4.31. The topological polar surface area (TPSA) is 108 Å². The van der Waals surface area contributed by atoms with Crippen LogP contribution in [-0.4, -0.2) is 87.4 Å². The lowest BCUT2D eigenvalue weighted by Crippen LogP contribution is -2.40. The average molecular weight is 1230 g/mol. The van der Waals surface area contributed by atoms with Crippen molar-refractivity contribution in [3.05, 3.63) is 207 Å². The molecule has 0 saturated carbocycles. The van der Waals surface area contributed by atoms with Crippen molar-refractivity contribution < 1.29 is 42.9 Å². The van der Waals surface area contributed by atoms with Crippen LogP contribution < -0.4 is 0 Å². The molecule has 0 aromatic heterocycles. The summed E-state index contributed by atoms with van der Waals surface area (Å²) in [4.78, 5) is 37.6. The molecule has 2 atom stereocenters. The first-order valence-electron chi connectivity index (χ1n) is 34.2. The van der Waals surface area contributed by atoms with E-state index in [0.717, 1.165) is 161 Å². The standard InChI is InChI=1S/C80H123NO8/c1-6-8-10-12-14-16-18-20-22-24-26-28-30-32-34-36-37-38-39-40-41-43-45-47-49-51-53-55-57-59-61-63-65-67-69-71-78(83)89-76(75-88-80(79(84)85)86-73-72-81(3,4)5)74-87-77(82)70-68-66-64-62-60-58-56-54-52-50-48-46-44-42-35-33-31-29-27-25-23-21-19-17-15-13-11-9-7-2/h8-11,14-17,20-23,26-29,32-35,37-38,40-41,44-47,50-53,56,58,76,80H,6-7,12-13,18-19,24-25,30-31,36,39,42-43,48-49,54-55,57,59-75H2,1-5H3/p+1/b10-8-,11-9-,16-14-,17-15-,22-20-,23-21-,28-26-,29-27-,34-32-,35-33-,38-37-,41-40-,46-44-,47-45-,52-50-,53-51-,58-56-. The van der Waals surface area contributed by atoms with E-state index in [4.69, 9.17) is 18.9 Å². The second-order valence-electron chi connectivity index (χ2n) is 23.0. The smallest absolute Gasteiger partial charge is 0.361 e. The minimum atomic E-state index is -1.54. The summed E-state index contributed by atoms with van der Waals surface area (Å²) < 4.78 is 22.9. The third-order valence-electron chi connectivity index (χ3n) is 13.5. The number of quaternary nitrogens is 1. The largest absolute Gasteiger partial charge is 0.477 e. The van der Waals surface area contributed by atoms with Crippen LogP contribution in [0, 0.1) is 0 Å². The number of likely N-dealkylation sites (N-methyl/N-ethyl adjacent to an activating group) is 1.